The molecule has 94 valence electrons. The third-order valence-corrected chi connectivity index (χ3v) is 3.24. The third-order valence-electron chi connectivity index (χ3n) is 2.97. The number of hydrogen-bond acceptors (Lipinski definition) is 5. The molecule has 0 atom stereocenters. The summed E-state index contributed by atoms with van der Waals surface area (Å²) in [4.78, 5) is 12.6. The van der Waals surface area contributed by atoms with Crippen molar-refractivity contribution < 1.29 is 0 Å². The number of halogens is 1. The maximum Gasteiger partial charge on any atom is 0.150 e. The van der Waals surface area contributed by atoms with Gasteiger partial charge in [-0.05, 0) is 0 Å². The van der Waals surface area contributed by atoms with Gasteiger partial charge in [-0.2, -0.15) is 0 Å². The van der Waals surface area contributed by atoms with Gasteiger partial charge in [-0.15, -0.1) is 0 Å². The standard InChI is InChI=1S/C11H18ClN5/c1-16(11-10(12)8-14-9-15-11)6-7-17-4-2-13-3-5-17/h8-9,13H,2-7H2,1H3. The number of aromatic nitrogens is 2. The lowest BCUT2D eigenvalue weighted by atomic mass is 10.3. The molecule has 1 aliphatic heterocycles. The fourth-order valence-electron chi connectivity index (χ4n) is 1.92. The molecule has 1 aromatic heterocycles. The summed E-state index contributed by atoms with van der Waals surface area (Å²) in [5.41, 5.74) is 0. The van der Waals surface area contributed by atoms with Crippen LogP contribution in [0.15, 0.2) is 12.5 Å². The van der Waals surface area contributed by atoms with E-state index in [0.29, 0.717) is 5.02 Å². The van der Waals surface area contributed by atoms with E-state index in [1.54, 1.807) is 6.20 Å². The fourth-order valence-corrected chi connectivity index (χ4v) is 2.17. The lowest BCUT2D eigenvalue weighted by Crippen LogP contribution is -2.46. The number of nitrogens with one attached hydrogen (secondary N) is 1. The second kappa shape index (κ2) is 6.14. The molecule has 2 rings (SSSR count). The summed E-state index contributed by atoms with van der Waals surface area (Å²) in [7, 11) is 2.01. The summed E-state index contributed by atoms with van der Waals surface area (Å²) in [6, 6.07) is 0. The lowest BCUT2D eigenvalue weighted by molar-refractivity contribution is 0.246. The second-order valence-corrected chi connectivity index (χ2v) is 4.61. The van der Waals surface area contributed by atoms with E-state index in [1.165, 1.54) is 6.33 Å². The van der Waals surface area contributed by atoms with E-state index in [-0.39, 0.29) is 0 Å². The van der Waals surface area contributed by atoms with Gasteiger partial charge in [0, 0.05) is 46.3 Å². The van der Waals surface area contributed by atoms with Crippen LogP contribution in [0, 0.1) is 0 Å². The van der Waals surface area contributed by atoms with Crippen molar-refractivity contribution in [3.05, 3.63) is 17.5 Å². The predicted molar refractivity (Wildman–Crippen MR) is 69.6 cm³/mol. The predicted octanol–water partition coefficient (Wildman–Crippen LogP) is 0.471. The van der Waals surface area contributed by atoms with E-state index in [9.17, 15) is 0 Å². The number of likely N-dealkylation sites (N-methyl/N-ethyl adjacent to an activating group) is 1. The van der Waals surface area contributed by atoms with Crippen LogP contribution in [0.1, 0.15) is 0 Å². The summed E-state index contributed by atoms with van der Waals surface area (Å²) in [6.45, 7) is 6.36. The number of piperazine rings is 1. The summed E-state index contributed by atoms with van der Waals surface area (Å²) in [5, 5.41) is 3.95. The monoisotopic (exact) mass is 255 g/mol. The molecule has 0 aromatic carbocycles. The van der Waals surface area contributed by atoms with Crippen molar-refractivity contribution in [3.8, 4) is 0 Å². The average Bonchev–Trinajstić information content (AvgIpc) is 2.38. The highest BCUT2D eigenvalue weighted by Crippen LogP contribution is 2.19. The number of nitrogens with zero attached hydrogens (tertiary/aromatic N) is 4. The Morgan fingerprint density at radius 2 is 2.24 bits per heavy atom. The molecule has 0 aliphatic carbocycles. The van der Waals surface area contributed by atoms with E-state index >= 15 is 0 Å². The van der Waals surface area contributed by atoms with Crippen molar-refractivity contribution in [3.63, 3.8) is 0 Å². The molecule has 1 saturated heterocycles. The largest absolute Gasteiger partial charge is 0.357 e. The third kappa shape index (κ3) is 3.52. The first-order chi connectivity index (χ1) is 8.27. The molecule has 0 unspecified atom stereocenters. The zero-order valence-electron chi connectivity index (χ0n) is 10.1. The molecule has 0 bridgehead atoms. The highest BCUT2D eigenvalue weighted by molar-refractivity contribution is 6.32. The van der Waals surface area contributed by atoms with Crippen molar-refractivity contribution in [2.75, 3.05) is 51.2 Å². The SMILES string of the molecule is CN(CCN1CCNCC1)c1ncncc1Cl. The summed E-state index contributed by atoms with van der Waals surface area (Å²) in [6.07, 6.45) is 3.16. The quantitative estimate of drug-likeness (QED) is 0.848. The smallest absolute Gasteiger partial charge is 0.150 e. The minimum Gasteiger partial charge on any atom is -0.357 e. The normalized spacial score (nSPS) is 17.1. The zero-order valence-corrected chi connectivity index (χ0v) is 10.8. The van der Waals surface area contributed by atoms with Crippen LogP contribution < -0.4 is 10.2 Å². The van der Waals surface area contributed by atoms with Gasteiger partial charge in [0.25, 0.3) is 0 Å². The minimum atomic E-state index is 0.607. The summed E-state index contributed by atoms with van der Waals surface area (Å²) < 4.78 is 0. The Kier molecular flexibility index (Phi) is 4.53. The molecule has 6 heteroatoms. The average molecular weight is 256 g/mol. The van der Waals surface area contributed by atoms with Crippen LogP contribution in [0.2, 0.25) is 5.02 Å². The van der Waals surface area contributed by atoms with Crippen LogP contribution in [-0.2, 0) is 0 Å². The number of anilines is 1. The summed E-state index contributed by atoms with van der Waals surface area (Å²) >= 11 is 6.05. The van der Waals surface area contributed by atoms with Gasteiger partial charge in [0.05, 0.1) is 6.20 Å². The van der Waals surface area contributed by atoms with E-state index < -0.39 is 0 Å². The molecule has 0 spiro atoms. The van der Waals surface area contributed by atoms with Crippen molar-refractivity contribution in [2.24, 2.45) is 0 Å². The van der Waals surface area contributed by atoms with E-state index in [0.717, 1.165) is 45.1 Å². The Morgan fingerprint density at radius 3 is 2.94 bits per heavy atom. The van der Waals surface area contributed by atoms with Crippen molar-refractivity contribution >= 4 is 17.4 Å². The molecule has 1 aromatic rings. The lowest BCUT2D eigenvalue weighted by Gasteiger charge is -2.29. The molecule has 1 fully saturated rings. The number of hydrogen-bond donors (Lipinski definition) is 1. The topological polar surface area (TPSA) is 44.3 Å². The molecular formula is C11H18ClN5. The molecule has 17 heavy (non-hydrogen) atoms. The Hall–Kier alpha value is -0.910. The second-order valence-electron chi connectivity index (χ2n) is 4.21. The summed E-state index contributed by atoms with van der Waals surface area (Å²) in [5.74, 6) is 0.803. The van der Waals surface area contributed by atoms with Gasteiger partial charge in [-0.25, -0.2) is 9.97 Å². The highest BCUT2D eigenvalue weighted by Gasteiger charge is 2.12. The zero-order chi connectivity index (χ0) is 12.1. The molecule has 1 N–H and O–H groups in total. The van der Waals surface area contributed by atoms with Crippen LogP contribution in [0.5, 0.6) is 0 Å². The van der Waals surface area contributed by atoms with E-state index in [4.69, 9.17) is 11.6 Å². The van der Waals surface area contributed by atoms with Crippen LogP contribution in [0.25, 0.3) is 0 Å². The molecule has 0 radical (unpaired) electrons. The van der Waals surface area contributed by atoms with Crippen molar-refractivity contribution in [2.45, 2.75) is 0 Å². The molecular weight excluding hydrogens is 238 g/mol. The first kappa shape index (κ1) is 12.5. The van der Waals surface area contributed by atoms with Gasteiger partial charge in [0.1, 0.15) is 11.3 Å². The highest BCUT2D eigenvalue weighted by atomic mass is 35.5. The first-order valence-electron chi connectivity index (χ1n) is 5.87. The molecule has 0 amide bonds. The van der Waals surface area contributed by atoms with Gasteiger partial charge in [0.2, 0.25) is 0 Å². The molecule has 5 nitrogen and oxygen atoms in total. The van der Waals surface area contributed by atoms with Crippen molar-refractivity contribution in [1.29, 1.82) is 0 Å². The van der Waals surface area contributed by atoms with E-state index in [1.807, 2.05) is 7.05 Å². The van der Waals surface area contributed by atoms with Gasteiger partial charge >= 0.3 is 0 Å². The molecule has 1 aliphatic rings. The van der Waals surface area contributed by atoms with Crippen LogP contribution in [0.3, 0.4) is 0 Å². The van der Waals surface area contributed by atoms with Gasteiger partial charge in [-0.3, -0.25) is 4.90 Å². The maximum absolute atomic E-state index is 6.05. The van der Waals surface area contributed by atoms with Crippen LogP contribution >= 0.6 is 11.6 Å². The minimum absolute atomic E-state index is 0.607. The fraction of sp³-hybridized carbons (Fsp3) is 0.636. The van der Waals surface area contributed by atoms with E-state index in [2.05, 4.69) is 25.1 Å². The van der Waals surface area contributed by atoms with Gasteiger partial charge in [-0.1, -0.05) is 11.6 Å². The van der Waals surface area contributed by atoms with Gasteiger partial charge in [0.15, 0.2) is 5.82 Å². The van der Waals surface area contributed by atoms with Crippen molar-refractivity contribution in [1.82, 2.24) is 20.2 Å². The van der Waals surface area contributed by atoms with Crippen LogP contribution in [0.4, 0.5) is 5.82 Å². The Labute approximate surface area is 107 Å². The Balaban J connectivity index is 1.84. The number of rotatable bonds is 4. The Morgan fingerprint density at radius 1 is 1.47 bits per heavy atom. The first-order valence-corrected chi connectivity index (χ1v) is 6.25. The van der Waals surface area contributed by atoms with Crippen LogP contribution in [-0.4, -0.2) is 61.2 Å². The maximum atomic E-state index is 6.05. The van der Waals surface area contributed by atoms with Gasteiger partial charge < -0.3 is 10.2 Å². The Bertz CT molecular complexity index is 353. The molecule has 2 heterocycles. The molecule has 0 saturated carbocycles.